The molecule has 0 spiro atoms. The number of ketones is 1. The molecular weight excluding hydrogens is 324 g/mol. The number of hydrogen-bond donors (Lipinski definition) is 0. The standard InChI is InChI=1S/C23H40O3/c1-3-5-6-7-18-8-12-20(13-9-18)21-14-10-19(11-15-21)16-22(24)17-23(25)26-4-2/h18-21H,3-17H2,1-2H3. The molecule has 3 nitrogen and oxygen atoms in total. The van der Waals surface area contributed by atoms with Gasteiger partial charge in [-0.2, -0.15) is 0 Å². The number of hydrogen-bond acceptors (Lipinski definition) is 3. The van der Waals surface area contributed by atoms with E-state index in [1.165, 1.54) is 77.0 Å². The molecule has 0 aromatic rings. The highest BCUT2D eigenvalue weighted by atomic mass is 16.5. The van der Waals surface area contributed by atoms with Gasteiger partial charge in [0.2, 0.25) is 0 Å². The topological polar surface area (TPSA) is 43.4 Å². The summed E-state index contributed by atoms with van der Waals surface area (Å²) in [7, 11) is 0. The molecule has 2 rings (SSSR count). The lowest BCUT2D eigenvalue weighted by Gasteiger charge is -2.38. The van der Waals surface area contributed by atoms with Crippen molar-refractivity contribution in [2.45, 2.75) is 104 Å². The number of ether oxygens (including phenoxy) is 1. The Labute approximate surface area is 160 Å². The fraction of sp³-hybridized carbons (Fsp3) is 0.913. The summed E-state index contributed by atoms with van der Waals surface area (Å²) < 4.78 is 4.88. The van der Waals surface area contributed by atoms with Gasteiger partial charge in [0.15, 0.2) is 0 Å². The first-order chi connectivity index (χ1) is 12.6. The molecule has 2 aliphatic carbocycles. The van der Waals surface area contributed by atoms with Crippen LogP contribution in [0.5, 0.6) is 0 Å². The fourth-order valence-electron chi connectivity index (χ4n) is 5.26. The summed E-state index contributed by atoms with van der Waals surface area (Å²) in [5, 5.41) is 0. The summed E-state index contributed by atoms with van der Waals surface area (Å²) in [4.78, 5) is 23.4. The highest BCUT2D eigenvalue weighted by Gasteiger charge is 2.31. The average Bonchev–Trinajstić information content (AvgIpc) is 2.63. The molecule has 0 aliphatic heterocycles. The van der Waals surface area contributed by atoms with Crippen molar-refractivity contribution in [2.75, 3.05) is 6.61 Å². The maximum absolute atomic E-state index is 12.0. The van der Waals surface area contributed by atoms with Gasteiger partial charge in [-0.1, -0.05) is 45.4 Å². The maximum Gasteiger partial charge on any atom is 0.313 e. The number of carbonyl (C=O) groups excluding carboxylic acids is 2. The van der Waals surface area contributed by atoms with Crippen LogP contribution in [-0.2, 0) is 14.3 Å². The van der Waals surface area contributed by atoms with E-state index in [1.807, 2.05) is 0 Å². The number of Topliss-reactive ketones (excluding diaryl/α,β-unsaturated/α-hetero) is 1. The third kappa shape index (κ3) is 7.40. The van der Waals surface area contributed by atoms with E-state index >= 15 is 0 Å². The van der Waals surface area contributed by atoms with Crippen LogP contribution in [0.2, 0.25) is 0 Å². The van der Waals surface area contributed by atoms with Crippen LogP contribution in [0, 0.1) is 23.7 Å². The summed E-state index contributed by atoms with van der Waals surface area (Å²) in [6.45, 7) is 4.43. The van der Waals surface area contributed by atoms with Crippen LogP contribution in [-0.4, -0.2) is 18.4 Å². The van der Waals surface area contributed by atoms with Crippen molar-refractivity contribution in [1.82, 2.24) is 0 Å². The molecule has 2 fully saturated rings. The number of unbranched alkanes of at least 4 members (excludes halogenated alkanes) is 2. The van der Waals surface area contributed by atoms with Gasteiger partial charge in [-0.25, -0.2) is 0 Å². The molecule has 0 unspecified atom stereocenters. The zero-order valence-corrected chi connectivity index (χ0v) is 17.1. The van der Waals surface area contributed by atoms with Gasteiger partial charge in [0.1, 0.15) is 12.2 Å². The van der Waals surface area contributed by atoms with Crippen LogP contribution in [0.3, 0.4) is 0 Å². The van der Waals surface area contributed by atoms with Crippen molar-refractivity contribution >= 4 is 11.8 Å². The molecule has 3 heteroatoms. The van der Waals surface area contributed by atoms with Gasteiger partial charge in [-0.3, -0.25) is 9.59 Å². The largest absolute Gasteiger partial charge is 0.466 e. The molecular formula is C23H40O3. The van der Waals surface area contributed by atoms with Gasteiger partial charge in [0.25, 0.3) is 0 Å². The summed E-state index contributed by atoms with van der Waals surface area (Å²) in [5.74, 6) is 3.03. The normalized spacial score (nSPS) is 29.3. The third-order valence-corrected chi connectivity index (χ3v) is 6.83. The van der Waals surface area contributed by atoms with Gasteiger partial charge < -0.3 is 4.74 Å². The van der Waals surface area contributed by atoms with Gasteiger partial charge in [0.05, 0.1) is 6.61 Å². The SMILES string of the molecule is CCCCCC1CCC(C2CCC(CC(=O)CC(=O)OCC)CC2)CC1. The Morgan fingerprint density at radius 1 is 0.808 bits per heavy atom. The number of esters is 1. The second-order valence-electron chi connectivity index (χ2n) is 8.78. The molecule has 2 aliphatic rings. The summed E-state index contributed by atoms with van der Waals surface area (Å²) in [5.41, 5.74) is 0. The van der Waals surface area contributed by atoms with E-state index in [0.717, 1.165) is 17.8 Å². The lowest BCUT2D eigenvalue weighted by atomic mass is 9.68. The summed E-state index contributed by atoms with van der Waals surface area (Å²) in [6.07, 6.45) is 16.9. The lowest BCUT2D eigenvalue weighted by Crippen LogP contribution is -2.26. The first-order valence-electron chi connectivity index (χ1n) is 11.3. The van der Waals surface area contributed by atoms with Gasteiger partial charge in [0, 0.05) is 6.42 Å². The lowest BCUT2D eigenvalue weighted by molar-refractivity contribution is -0.145. The van der Waals surface area contributed by atoms with Crippen molar-refractivity contribution in [2.24, 2.45) is 23.7 Å². The molecule has 150 valence electrons. The predicted molar refractivity (Wildman–Crippen MR) is 106 cm³/mol. The molecule has 0 atom stereocenters. The highest BCUT2D eigenvalue weighted by Crippen LogP contribution is 2.42. The molecule has 0 N–H and O–H groups in total. The van der Waals surface area contributed by atoms with E-state index in [1.54, 1.807) is 6.92 Å². The number of rotatable bonds is 10. The average molecular weight is 365 g/mol. The van der Waals surface area contributed by atoms with E-state index in [4.69, 9.17) is 4.74 Å². The smallest absolute Gasteiger partial charge is 0.313 e. The Balaban J connectivity index is 1.61. The van der Waals surface area contributed by atoms with Crippen molar-refractivity contribution in [3.63, 3.8) is 0 Å². The van der Waals surface area contributed by atoms with Crippen molar-refractivity contribution in [3.8, 4) is 0 Å². The zero-order valence-electron chi connectivity index (χ0n) is 17.1. The first kappa shape index (κ1) is 21.4. The number of carbonyl (C=O) groups is 2. The van der Waals surface area contributed by atoms with Crippen LogP contribution >= 0.6 is 0 Å². The van der Waals surface area contributed by atoms with E-state index in [-0.39, 0.29) is 18.2 Å². The molecule has 0 bridgehead atoms. The molecule has 0 radical (unpaired) electrons. The van der Waals surface area contributed by atoms with Crippen LogP contribution < -0.4 is 0 Å². The van der Waals surface area contributed by atoms with E-state index in [0.29, 0.717) is 18.9 Å². The third-order valence-electron chi connectivity index (χ3n) is 6.83. The summed E-state index contributed by atoms with van der Waals surface area (Å²) >= 11 is 0. The molecule has 0 aromatic heterocycles. The van der Waals surface area contributed by atoms with Crippen LogP contribution in [0.1, 0.15) is 104 Å². The molecule has 0 saturated heterocycles. The Morgan fingerprint density at radius 3 is 1.92 bits per heavy atom. The van der Waals surface area contributed by atoms with Crippen molar-refractivity contribution < 1.29 is 14.3 Å². The molecule has 2 saturated carbocycles. The van der Waals surface area contributed by atoms with Gasteiger partial charge >= 0.3 is 5.97 Å². The van der Waals surface area contributed by atoms with Crippen LogP contribution in [0.15, 0.2) is 0 Å². The second-order valence-corrected chi connectivity index (χ2v) is 8.78. The Kier molecular flexibility index (Phi) is 9.71. The first-order valence-corrected chi connectivity index (χ1v) is 11.3. The van der Waals surface area contributed by atoms with Gasteiger partial charge in [-0.05, 0) is 69.1 Å². The Bertz CT molecular complexity index is 415. The van der Waals surface area contributed by atoms with Gasteiger partial charge in [-0.15, -0.1) is 0 Å². The van der Waals surface area contributed by atoms with E-state index < -0.39 is 0 Å². The van der Waals surface area contributed by atoms with Crippen LogP contribution in [0.4, 0.5) is 0 Å². The van der Waals surface area contributed by atoms with Crippen molar-refractivity contribution in [1.29, 1.82) is 0 Å². The minimum absolute atomic E-state index is 0.0319. The van der Waals surface area contributed by atoms with E-state index in [9.17, 15) is 9.59 Å². The highest BCUT2D eigenvalue weighted by molar-refractivity contribution is 5.95. The molecule has 0 amide bonds. The molecule has 0 heterocycles. The van der Waals surface area contributed by atoms with Crippen molar-refractivity contribution in [3.05, 3.63) is 0 Å². The minimum Gasteiger partial charge on any atom is -0.466 e. The van der Waals surface area contributed by atoms with E-state index in [2.05, 4.69) is 6.92 Å². The summed E-state index contributed by atoms with van der Waals surface area (Å²) in [6, 6.07) is 0. The predicted octanol–water partition coefficient (Wildman–Crippen LogP) is 6.09. The second kappa shape index (κ2) is 11.8. The quantitative estimate of drug-likeness (QED) is 0.267. The minimum atomic E-state index is -0.359. The molecule has 26 heavy (non-hydrogen) atoms. The van der Waals surface area contributed by atoms with Crippen LogP contribution in [0.25, 0.3) is 0 Å². The zero-order chi connectivity index (χ0) is 18.8. The Morgan fingerprint density at radius 2 is 1.38 bits per heavy atom. The fourth-order valence-corrected chi connectivity index (χ4v) is 5.26. The maximum atomic E-state index is 12.0. The monoisotopic (exact) mass is 364 g/mol. The molecule has 0 aromatic carbocycles. The Hall–Kier alpha value is -0.860.